The third-order valence-corrected chi connectivity index (χ3v) is 5.58. The van der Waals surface area contributed by atoms with Crippen LogP contribution in [0.3, 0.4) is 0 Å². The maximum absolute atomic E-state index is 12.2. The molecule has 1 saturated heterocycles. The van der Waals surface area contributed by atoms with Crippen molar-refractivity contribution >= 4 is 10.0 Å². The first kappa shape index (κ1) is 17.4. The van der Waals surface area contributed by atoms with Crippen LogP contribution in [0, 0.1) is 0 Å². The van der Waals surface area contributed by atoms with Crippen molar-refractivity contribution in [3.8, 4) is 0 Å². The highest BCUT2D eigenvalue weighted by Gasteiger charge is 2.17. The highest BCUT2D eigenvalue weighted by molar-refractivity contribution is 7.89. The standard InChI is InChI=1S/C16H26N2O3S/c1-2-14-5-3-6-16(13-14)22(20,21)17-9-4-10-18-11-7-15(19)8-12-18/h3,5-6,13,15,17,19H,2,4,7-12H2,1H3. The van der Waals surface area contributed by atoms with Gasteiger partial charge in [-0.1, -0.05) is 19.1 Å². The zero-order chi connectivity index (χ0) is 16.0. The Hall–Kier alpha value is -0.950. The van der Waals surface area contributed by atoms with E-state index in [1.54, 1.807) is 18.2 Å². The summed E-state index contributed by atoms with van der Waals surface area (Å²) < 4.78 is 27.1. The number of hydrogen-bond acceptors (Lipinski definition) is 4. The van der Waals surface area contributed by atoms with Gasteiger partial charge in [-0.15, -0.1) is 0 Å². The zero-order valence-corrected chi connectivity index (χ0v) is 14.0. The minimum Gasteiger partial charge on any atom is -0.393 e. The van der Waals surface area contributed by atoms with Crippen molar-refractivity contribution in [3.63, 3.8) is 0 Å². The van der Waals surface area contributed by atoms with Gasteiger partial charge in [0.15, 0.2) is 0 Å². The van der Waals surface area contributed by atoms with Crippen molar-refractivity contribution in [1.82, 2.24) is 9.62 Å². The van der Waals surface area contributed by atoms with Gasteiger partial charge in [0.1, 0.15) is 0 Å². The van der Waals surface area contributed by atoms with E-state index in [1.807, 2.05) is 13.0 Å². The van der Waals surface area contributed by atoms with Crippen molar-refractivity contribution < 1.29 is 13.5 Å². The fourth-order valence-corrected chi connectivity index (χ4v) is 3.81. The van der Waals surface area contributed by atoms with Crippen molar-refractivity contribution in [2.24, 2.45) is 0 Å². The van der Waals surface area contributed by atoms with Crippen LogP contribution in [0.15, 0.2) is 29.2 Å². The minimum atomic E-state index is -3.41. The molecule has 1 aliphatic heterocycles. The second-order valence-electron chi connectivity index (χ2n) is 5.83. The van der Waals surface area contributed by atoms with Crippen molar-refractivity contribution in [1.29, 1.82) is 0 Å². The molecule has 2 N–H and O–H groups in total. The summed E-state index contributed by atoms with van der Waals surface area (Å²) in [5, 5.41) is 9.46. The highest BCUT2D eigenvalue weighted by Crippen LogP contribution is 2.12. The molecule has 0 atom stereocenters. The Bertz CT molecular complexity index is 567. The Morgan fingerprint density at radius 3 is 2.73 bits per heavy atom. The van der Waals surface area contributed by atoms with Gasteiger partial charge in [0.25, 0.3) is 0 Å². The molecular weight excluding hydrogens is 300 g/mol. The Kier molecular flexibility index (Phi) is 6.37. The number of nitrogens with zero attached hydrogens (tertiary/aromatic N) is 1. The molecule has 22 heavy (non-hydrogen) atoms. The summed E-state index contributed by atoms with van der Waals surface area (Å²) in [5.74, 6) is 0. The van der Waals surface area contributed by atoms with Gasteiger partial charge in [-0.25, -0.2) is 13.1 Å². The smallest absolute Gasteiger partial charge is 0.240 e. The van der Waals surface area contributed by atoms with Gasteiger partial charge in [0, 0.05) is 19.6 Å². The van der Waals surface area contributed by atoms with Gasteiger partial charge in [-0.05, 0) is 49.9 Å². The Balaban J connectivity index is 1.77. The summed E-state index contributed by atoms with van der Waals surface area (Å²) in [5.41, 5.74) is 1.02. The number of aryl methyl sites for hydroxylation is 1. The largest absolute Gasteiger partial charge is 0.393 e. The molecule has 0 aromatic heterocycles. The monoisotopic (exact) mass is 326 g/mol. The van der Waals surface area contributed by atoms with Crippen molar-refractivity contribution in [2.45, 2.75) is 43.6 Å². The van der Waals surface area contributed by atoms with Gasteiger partial charge in [-0.2, -0.15) is 0 Å². The van der Waals surface area contributed by atoms with E-state index in [-0.39, 0.29) is 6.10 Å². The molecule has 6 heteroatoms. The fourth-order valence-electron chi connectivity index (χ4n) is 2.67. The number of sulfonamides is 1. The van der Waals surface area contributed by atoms with Crippen LogP contribution in [0.4, 0.5) is 0 Å². The van der Waals surface area contributed by atoms with Crippen LogP contribution in [-0.4, -0.2) is 50.7 Å². The first-order valence-electron chi connectivity index (χ1n) is 8.00. The lowest BCUT2D eigenvalue weighted by atomic mass is 10.1. The number of nitrogens with one attached hydrogen (secondary N) is 1. The van der Waals surface area contributed by atoms with Gasteiger partial charge in [0.2, 0.25) is 10.0 Å². The van der Waals surface area contributed by atoms with Crippen molar-refractivity contribution in [3.05, 3.63) is 29.8 Å². The molecule has 0 radical (unpaired) electrons. The molecule has 0 amide bonds. The first-order chi connectivity index (χ1) is 10.5. The number of aliphatic hydroxyl groups is 1. The third-order valence-electron chi connectivity index (χ3n) is 4.12. The molecule has 0 aliphatic carbocycles. The molecule has 1 aromatic rings. The van der Waals surface area contributed by atoms with E-state index in [1.165, 1.54) is 0 Å². The summed E-state index contributed by atoms with van der Waals surface area (Å²) in [6, 6.07) is 7.08. The molecule has 0 saturated carbocycles. The molecular formula is C16H26N2O3S. The summed E-state index contributed by atoms with van der Waals surface area (Å²) in [6.45, 7) is 5.11. The van der Waals surface area contributed by atoms with E-state index in [0.29, 0.717) is 11.4 Å². The predicted octanol–water partition coefficient (Wildman–Crippen LogP) is 1.37. The van der Waals surface area contributed by atoms with Crippen LogP contribution in [0.25, 0.3) is 0 Å². The van der Waals surface area contributed by atoms with E-state index < -0.39 is 10.0 Å². The molecule has 1 heterocycles. The molecule has 0 bridgehead atoms. The van der Waals surface area contributed by atoms with E-state index in [2.05, 4.69) is 9.62 Å². The number of benzene rings is 1. The number of hydrogen-bond donors (Lipinski definition) is 2. The van der Waals surface area contributed by atoms with Crippen LogP contribution in [0.2, 0.25) is 0 Å². The Morgan fingerprint density at radius 2 is 2.05 bits per heavy atom. The van der Waals surface area contributed by atoms with Gasteiger partial charge < -0.3 is 10.0 Å². The Labute approximate surface area is 133 Å². The highest BCUT2D eigenvalue weighted by atomic mass is 32.2. The zero-order valence-electron chi connectivity index (χ0n) is 13.2. The van der Waals surface area contributed by atoms with Crippen LogP contribution in [-0.2, 0) is 16.4 Å². The molecule has 124 valence electrons. The fraction of sp³-hybridized carbons (Fsp3) is 0.625. The summed E-state index contributed by atoms with van der Waals surface area (Å²) in [6.07, 6.45) is 3.07. The normalized spacial score (nSPS) is 17.7. The minimum absolute atomic E-state index is 0.166. The van der Waals surface area contributed by atoms with Crippen LogP contribution >= 0.6 is 0 Å². The summed E-state index contributed by atoms with van der Waals surface area (Å²) >= 11 is 0. The number of aliphatic hydroxyl groups excluding tert-OH is 1. The molecule has 1 fully saturated rings. The van der Waals surface area contributed by atoms with Crippen LogP contribution in [0.1, 0.15) is 31.7 Å². The molecule has 2 rings (SSSR count). The second-order valence-corrected chi connectivity index (χ2v) is 7.59. The van der Waals surface area contributed by atoms with Crippen molar-refractivity contribution in [2.75, 3.05) is 26.2 Å². The topological polar surface area (TPSA) is 69.6 Å². The van der Waals surface area contributed by atoms with E-state index in [0.717, 1.165) is 50.9 Å². The first-order valence-corrected chi connectivity index (χ1v) is 9.48. The molecule has 1 aromatic carbocycles. The summed E-state index contributed by atoms with van der Waals surface area (Å²) in [4.78, 5) is 2.62. The van der Waals surface area contributed by atoms with Gasteiger partial charge >= 0.3 is 0 Å². The van der Waals surface area contributed by atoms with E-state index in [4.69, 9.17) is 0 Å². The molecule has 1 aliphatic rings. The Morgan fingerprint density at radius 1 is 1.32 bits per heavy atom. The maximum Gasteiger partial charge on any atom is 0.240 e. The lowest BCUT2D eigenvalue weighted by Crippen LogP contribution is -2.37. The third kappa shape index (κ3) is 5.05. The lowest BCUT2D eigenvalue weighted by molar-refractivity contribution is 0.0823. The number of rotatable bonds is 7. The van der Waals surface area contributed by atoms with E-state index in [9.17, 15) is 13.5 Å². The lowest BCUT2D eigenvalue weighted by Gasteiger charge is -2.29. The average molecular weight is 326 g/mol. The van der Waals surface area contributed by atoms with Crippen LogP contribution in [0.5, 0.6) is 0 Å². The molecule has 0 unspecified atom stereocenters. The predicted molar refractivity (Wildman–Crippen MR) is 87.3 cm³/mol. The average Bonchev–Trinajstić information content (AvgIpc) is 2.53. The van der Waals surface area contributed by atoms with Crippen LogP contribution < -0.4 is 4.72 Å². The molecule has 5 nitrogen and oxygen atoms in total. The molecule has 0 spiro atoms. The summed E-state index contributed by atoms with van der Waals surface area (Å²) in [7, 11) is -3.41. The van der Waals surface area contributed by atoms with Gasteiger partial charge in [-0.3, -0.25) is 0 Å². The van der Waals surface area contributed by atoms with E-state index >= 15 is 0 Å². The maximum atomic E-state index is 12.2. The second kappa shape index (κ2) is 8.06. The quantitative estimate of drug-likeness (QED) is 0.743. The SMILES string of the molecule is CCc1cccc(S(=O)(=O)NCCCN2CCC(O)CC2)c1. The number of likely N-dealkylation sites (tertiary alicyclic amines) is 1. The number of piperidine rings is 1. The van der Waals surface area contributed by atoms with Gasteiger partial charge in [0.05, 0.1) is 11.0 Å².